The van der Waals surface area contributed by atoms with E-state index in [1.807, 2.05) is 0 Å². The Morgan fingerprint density at radius 1 is 1.70 bits per heavy atom. The van der Waals surface area contributed by atoms with Gasteiger partial charge >= 0.3 is 0 Å². The van der Waals surface area contributed by atoms with Crippen molar-refractivity contribution in [2.24, 2.45) is 0 Å². The molecule has 0 aliphatic rings. The van der Waals surface area contributed by atoms with Crippen molar-refractivity contribution >= 4 is 5.96 Å². The first kappa shape index (κ1) is 9.23. The van der Waals surface area contributed by atoms with E-state index < -0.39 is 0 Å². The molecule has 0 aliphatic heterocycles. The highest BCUT2D eigenvalue weighted by molar-refractivity contribution is 5.75. The molecule has 10 heavy (non-hydrogen) atoms. The fourth-order valence-corrected chi connectivity index (χ4v) is 0.439. The molecule has 0 heterocycles. The van der Waals surface area contributed by atoms with Crippen LogP contribution in [0.25, 0.3) is 0 Å². The summed E-state index contributed by atoms with van der Waals surface area (Å²) in [5, 5.41) is 12.5. The van der Waals surface area contributed by atoms with E-state index in [0.717, 1.165) is 0 Å². The molecule has 0 atom stereocenters. The van der Waals surface area contributed by atoms with E-state index in [4.69, 9.17) is 10.1 Å². The molecule has 59 valence electrons. The largest absolute Gasteiger partial charge is 0.380 e. The standard InChI is InChI=1S/C6H14N3O/c1-3-10-5-4-9-6(7)8-2/h1,3-5H2,2H3,(H3,7,8,9). The Bertz CT molecular complexity index is 95.0. The van der Waals surface area contributed by atoms with Crippen LogP contribution in [0.15, 0.2) is 0 Å². The molecule has 0 fully saturated rings. The lowest BCUT2D eigenvalue weighted by Crippen LogP contribution is -2.35. The van der Waals surface area contributed by atoms with E-state index in [-0.39, 0.29) is 0 Å². The van der Waals surface area contributed by atoms with Crippen molar-refractivity contribution in [2.75, 3.05) is 26.8 Å². The third-order valence-corrected chi connectivity index (χ3v) is 0.943. The molecule has 0 bridgehead atoms. The van der Waals surface area contributed by atoms with Gasteiger partial charge in [-0.1, -0.05) is 0 Å². The van der Waals surface area contributed by atoms with Gasteiger partial charge in [0.2, 0.25) is 0 Å². The first-order valence-corrected chi connectivity index (χ1v) is 3.18. The van der Waals surface area contributed by atoms with Gasteiger partial charge in [-0.2, -0.15) is 0 Å². The van der Waals surface area contributed by atoms with Gasteiger partial charge in [0.15, 0.2) is 5.96 Å². The highest BCUT2D eigenvalue weighted by Crippen LogP contribution is 1.68. The summed E-state index contributed by atoms with van der Waals surface area (Å²) in [5.74, 6) is 0.313. The summed E-state index contributed by atoms with van der Waals surface area (Å²) in [6.45, 7) is 5.22. The smallest absolute Gasteiger partial charge is 0.188 e. The maximum absolute atomic E-state index is 7.08. The van der Waals surface area contributed by atoms with Crippen molar-refractivity contribution < 1.29 is 4.74 Å². The number of rotatable bonds is 4. The van der Waals surface area contributed by atoms with Crippen LogP contribution in [0.2, 0.25) is 0 Å². The molecule has 0 saturated heterocycles. The summed E-state index contributed by atoms with van der Waals surface area (Å²) in [6, 6.07) is 0. The van der Waals surface area contributed by atoms with Crippen LogP contribution in [0, 0.1) is 12.3 Å². The molecule has 1 radical (unpaired) electrons. The van der Waals surface area contributed by atoms with E-state index >= 15 is 0 Å². The minimum atomic E-state index is 0.313. The van der Waals surface area contributed by atoms with Crippen molar-refractivity contribution in [1.82, 2.24) is 10.6 Å². The van der Waals surface area contributed by atoms with Gasteiger partial charge in [-0.25, -0.2) is 0 Å². The van der Waals surface area contributed by atoms with Crippen molar-refractivity contribution in [3.05, 3.63) is 6.92 Å². The van der Waals surface area contributed by atoms with Gasteiger partial charge < -0.3 is 15.4 Å². The molecule has 4 nitrogen and oxygen atoms in total. The number of nitrogens with one attached hydrogen (secondary N) is 3. The SMILES string of the molecule is [CH2]COCCNC(=N)NC. The quantitative estimate of drug-likeness (QED) is 0.285. The lowest BCUT2D eigenvalue weighted by molar-refractivity contribution is 0.166. The average molecular weight is 144 g/mol. The highest BCUT2D eigenvalue weighted by Gasteiger charge is 1.88. The Balaban J connectivity index is 2.96. The van der Waals surface area contributed by atoms with Gasteiger partial charge in [0.25, 0.3) is 0 Å². The zero-order valence-corrected chi connectivity index (χ0v) is 6.24. The molecule has 0 unspecified atom stereocenters. The minimum Gasteiger partial charge on any atom is -0.380 e. The van der Waals surface area contributed by atoms with Gasteiger partial charge in [0.05, 0.1) is 6.61 Å². The molecular formula is C6H14N3O. The molecule has 0 rings (SSSR count). The fourth-order valence-electron chi connectivity index (χ4n) is 0.439. The van der Waals surface area contributed by atoms with Crippen molar-refractivity contribution in [2.45, 2.75) is 0 Å². The van der Waals surface area contributed by atoms with Crippen LogP contribution in [-0.4, -0.2) is 32.8 Å². The van der Waals surface area contributed by atoms with Gasteiger partial charge in [-0.3, -0.25) is 5.41 Å². The number of hydrogen-bond donors (Lipinski definition) is 3. The summed E-state index contributed by atoms with van der Waals surface area (Å²) in [5.41, 5.74) is 0. The lowest BCUT2D eigenvalue weighted by Gasteiger charge is -2.05. The van der Waals surface area contributed by atoms with E-state index in [1.165, 1.54) is 0 Å². The molecule has 0 amide bonds. The zero-order chi connectivity index (χ0) is 7.82. The molecule has 0 aromatic carbocycles. The lowest BCUT2D eigenvalue weighted by atomic mass is 10.6. The number of guanidine groups is 1. The zero-order valence-electron chi connectivity index (χ0n) is 6.24. The van der Waals surface area contributed by atoms with Crippen LogP contribution in [0.5, 0.6) is 0 Å². The van der Waals surface area contributed by atoms with Crippen LogP contribution < -0.4 is 10.6 Å². The Morgan fingerprint density at radius 3 is 2.90 bits per heavy atom. The van der Waals surface area contributed by atoms with E-state index in [9.17, 15) is 0 Å². The average Bonchev–Trinajstić information content (AvgIpc) is 1.98. The Hall–Kier alpha value is -0.770. The molecular weight excluding hydrogens is 130 g/mol. The van der Waals surface area contributed by atoms with Crippen LogP contribution in [-0.2, 0) is 4.74 Å². The van der Waals surface area contributed by atoms with E-state index in [2.05, 4.69) is 17.6 Å². The van der Waals surface area contributed by atoms with Gasteiger partial charge in [0, 0.05) is 20.2 Å². The van der Waals surface area contributed by atoms with E-state index in [1.54, 1.807) is 7.05 Å². The first-order chi connectivity index (χ1) is 4.81. The molecule has 4 heteroatoms. The Kier molecular flexibility index (Phi) is 5.86. The highest BCUT2D eigenvalue weighted by atomic mass is 16.5. The Labute approximate surface area is 61.5 Å². The van der Waals surface area contributed by atoms with Crippen molar-refractivity contribution in [3.8, 4) is 0 Å². The third-order valence-electron chi connectivity index (χ3n) is 0.943. The molecule has 0 saturated carbocycles. The predicted molar refractivity (Wildman–Crippen MR) is 41.0 cm³/mol. The van der Waals surface area contributed by atoms with Crippen LogP contribution >= 0.6 is 0 Å². The monoisotopic (exact) mass is 144 g/mol. The topological polar surface area (TPSA) is 57.1 Å². The molecule has 0 aromatic heterocycles. The molecule has 0 aromatic rings. The summed E-state index contributed by atoms with van der Waals surface area (Å²) in [7, 11) is 1.69. The van der Waals surface area contributed by atoms with Gasteiger partial charge in [-0.05, 0) is 6.92 Å². The van der Waals surface area contributed by atoms with Gasteiger partial charge in [-0.15, -0.1) is 0 Å². The number of hydrogen-bond acceptors (Lipinski definition) is 2. The van der Waals surface area contributed by atoms with Crippen LogP contribution in [0.4, 0.5) is 0 Å². The molecule has 0 spiro atoms. The molecule has 3 N–H and O–H groups in total. The van der Waals surface area contributed by atoms with Crippen molar-refractivity contribution in [1.29, 1.82) is 5.41 Å². The first-order valence-electron chi connectivity index (χ1n) is 3.18. The summed E-state index contributed by atoms with van der Waals surface area (Å²) < 4.78 is 4.93. The second-order valence-electron chi connectivity index (χ2n) is 1.66. The summed E-state index contributed by atoms with van der Waals surface area (Å²) >= 11 is 0. The number of ether oxygens (including phenoxy) is 1. The van der Waals surface area contributed by atoms with Crippen LogP contribution in [0.3, 0.4) is 0 Å². The fraction of sp³-hybridized carbons (Fsp3) is 0.667. The third kappa shape index (κ3) is 5.37. The second kappa shape index (κ2) is 6.35. The van der Waals surface area contributed by atoms with Crippen LogP contribution in [0.1, 0.15) is 0 Å². The Morgan fingerprint density at radius 2 is 2.40 bits per heavy atom. The second-order valence-corrected chi connectivity index (χ2v) is 1.66. The normalized spacial score (nSPS) is 9.00. The van der Waals surface area contributed by atoms with Crippen molar-refractivity contribution in [3.63, 3.8) is 0 Å². The summed E-state index contributed by atoms with van der Waals surface area (Å²) in [6.07, 6.45) is 0. The summed E-state index contributed by atoms with van der Waals surface area (Å²) in [4.78, 5) is 0. The predicted octanol–water partition coefficient (Wildman–Crippen LogP) is -0.419. The maximum Gasteiger partial charge on any atom is 0.188 e. The minimum absolute atomic E-state index is 0.313. The van der Waals surface area contributed by atoms with Gasteiger partial charge in [0.1, 0.15) is 0 Å². The molecule has 0 aliphatic carbocycles. The van der Waals surface area contributed by atoms with E-state index in [0.29, 0.717) is 25.7 Å². The maximum atomic E-state index is 7.08.